The number of anilines is 2. The molecule has 2 heterocycles. The Balaban J connectivity index is 2.21. The van der Waals surface area contributed by atoms with Gasteiger partial charge in [-0.15, -0.1) is 0 Å². The minimum Gasteiger partial charge on any atom is -0.394 e. The van der Waals surface area contributed by atoms with Gasteiger partial charge in [0.1, 0.15) is 6.10 Å². The molecule has 0 fully saturated rings. The van der Waals surface area contributed by atoms with Crippen LogP contribution < -0.4 is 11.1 Å². The lowest BCUT2D eigenvalue weighted by Crippen LogP contribution is -2.35. The molecule has 0 aliphatic carbocycles. The highest BCUT2D eigenvalue weighted by atomic mass is 31.2. The lowest BCUT2D eigenvalue weighted by Gasteiger charge is -2.36. The van der Waals surface area contributed by atoms with Crippen molar-refractivity contribution in [3.8, 4) is 0 Å². The molecular formula is C19H35N6O7P. The summed E-state index contributed by atoms with van der Waals surface area (Å²) in [6.07, 6.45) is -0.769. The average Bonchev–Trinajstić information content (AvgIpc) is 3.17. The van der Waals surface area contributed by atoms with Gasteiger partial charge in [-0.3, -0.25) is 9.13 Å². The number of imidazole rings is 1. The maximum Gasteiger partial charge on any atom is 0.359 e. The van der Waals surface area contributed by atoms with Gasteiger partial charge in [-0.25, -0.2) is 4.98 Å². The SMILES string of the molecule is CCC(O)(CC)P(=O)(O)OC(C)(C)CCO[C@H]([C@H](O)CO)n1cnc2c(NC)nc(N)nc21. The zero-order valence-electron chi connectivity index (χ0n) is 19.6. The molecule has 0 amide bonds. The molecule has 2 rings (SSSR count). The Morgan fingerprint density at radius 3 is 2.48 bits per heavy atom. The summed E-state index contributed by atoms with van der Waals surface area (Å²) in [4.78, 5) is 22.8. The zero-order valence-corrected chi connectivity index (χ0v) is 20.5. The Hall–Kier alpha value is -1.86. The van der Waals surface area contributed by atoms with Crippen molar-refractivity contribution in [1.82, 2.24) is 19.5 Å². The van der Waals surface area contributed by atoms with Gasteiger partial charge in [0.2, 0.25) is 5.95 Å². The van der Waals surface area contributed by atoms with E-state index in [0.717, 1.165) is 0 Å². The van der Waals surface area contributed by atoms with E-state index in [-0.39, 0.29) is 37.5 Å². The Bertz CT molecular complexity index is 981. The number of nitrogens with zero attached hydrogens (tertiary/aromatic N) is 4. The molecule has 188 valence electrons. The molecule has 0 spiro atoms. The molecule has 1 unspecified atom stereocenters. The van der Waals surface area contributed by atoms with Crippen LogP contribution in [0, 0.1) is 0 Å². The lowest BCUT2D eigenvalue weighted by molar-refractivity contribution is -0.106. The molecule has 33 heavy (non-hydrogen) atoms. The van der Waals surface area contributed by atoms with Crippen molar-refractivity contribution in [2.24, 2.45) is 0 Å². The molecule has 0 radical (unpaired) electrons. The van der Waals surface area contributed by atoms with Crippen LogP contribution >= 0.6 is 7.60 Å². The van der Waals surface area contributed by atoms with Gasteiger partial charge >= 0.3 is 7.60 Å². The summed E-state index contributed by atoms with van der Waals surface area (Å²) in [6, 6.07) is 0. The first-order valence-corrected chi connectivity index (χ1v) is 12.3. The molecule has 2 aromatic rings. The van der Waals surface area contributed by atoms with Gasteiger partial charge in [-0.05, 0) is 33.1 Å². The van der Waals surface area contributed by atoms with E-state index in [2.05, 4.69) is 20.3 Å². The van der Waals surface area contributed by atoms with Gasteiger partial charge in [-0.2, -0.15) is 9.97 Å². The highest BCUT2D eigenvalue weighted by Gasteiger charge is 2.47. The number of fused-ring (bicyclic) bond motifs is 1. The van der Waals surface area contributed by atoms with E-state index in [9.17, 15) is 24.8 Å². The summed E-state index contributed by atoms with van der Waals surface area (Å²) in [6.45, 7) is 5.79. The third-order valence-corrected chi connectivity index (χ3v) is 7.91. The number of hydrogen-bond acceptors (Lipinski definition) is 11. The molecule has 0 bridgehead atoms. The lowest BCUT2D eigenvalue weighted by atomic mass is 10.1. The van der Waals surface area contributed by atoms with Crippen LogP contribution in [0.25, 0.3) is 11.2 Å². The summed E-state index contributed by atoms with van der Waals surface area (Å²) in [5.74, 6) is 0.375. The van der Waals surface area contributed by atoms with E-state index >= 15 is 0 Å². The molecule has 0 aliphatic heterocycles. The number of nitrogen functional groups attached to an aromatic ring is 1. The summed E-state index contributed by atoms with van der Waals surface area (Å²) in [5, 5.41) is 31.4. The second-order valence-electron chi connectivity index (χ2n) is 8.33. The van der Waals surface area contributed by atoms with Crippen molar-refractivity contribution in [2.45, 2.75) is 70.2 Å². The van der Waals surface area contributed by atoms with Crippen molar-refractivity contribution in [1.29, 1.82) is 0 Å². The van der Waals surface area contributed by atoms with Crippen LogP contribution in [0.2, 0.25) is 0 Å². The highest BCUT2D eigenvalue weighted by Crippen LogP contribution is 2.59. The van der Waals surface area contributed by atoms with E-state index in [0.29, 0.717) is 11.3 Å². The third kappa shape index (κ3) is 5.99. The quantitative estimate of drug-likeness (QED) is 0.220. The first-order valence-electron chi connectivity index (χ1n) is 10.7. The molecule has 14 heteroatoms. The highest BCUT2D eigenvalue weighted by molar-refractivity contribution is 7.54. The zero-order chi connectivity index (χ0) is 25.0. The predicted octanol–water partition coefficient (Wildman–Crippen LogP) is 1.20. The molecular weight excluding hydrogens is 455 g/mol. The molecule has 3 atom stereocenters. The summed E-state index contributed by atoms with van der Waals surface area (Å²) in [5.41, 5.74) is 5.31. The van der Waals surface area contributed by atoms with Crippen LogP contribution in [0.5, 0.6) is 0 Å². The number of aliphatic hydroxyl groups is 3. The van der Waals surface area contributed by atoms with Gasteiger partial charge in [0.05, 0.1) is 25.1 Å². The summed E-state index contributed by atoms with van der Waals surface area (Å²) < 4.78 is 25.4. The topological polar surface area (TPSA) is 198 Å². The van der Waals surface area contributed by atoms with Crippen LogP contribution in [0.15, 0.2) is 6.33 Å². The van der Waals surface area contributed by atoms with Crippen LogP contribution in [0.1, 0.15) is 53.2 Å². The Labute approximate surface area is 192 Å². The van der Waals surface area contributed by atoms with Crippen molar-refractivity contribution < 1.29 is 34.0 Å². The minimum absolute atomic E-state index is 0.0154. The maximum atomic E-state index is 12.7. The van der Waals surface area contributed by atoms with Crippen molar-refractivity contribution in [3.05, 3.63) is 6.33 Å². The molecule has 0 aromatic carbocycles. The van der Waals surface area contributed by atoms with Gasteiger partial charge in [0.15, 0.2) is 28.6 Å². The van der Waals surface area contributed by atoms with E-state index < -0.39 is 37.5 Å². The largest absolute Gasteiger partial charge is 0.394 e. The summed E-state index contributed by atoms with van der Waals surface area (Å²) >= 11 is 0. The molecule has 0 saturated heterocycles. The van der Waals surface area contributed by atoms with Crippen LogP contribution in [-0.4, -0.2) is 77.0 Å². The van der Waals surface area contributed by atoms with E-state index in [4.69, 9.17) is 15.0 Å². The number of nitrogens with one attached hydrogen (secondary N) is 1. The summed E-state index contributed by atoms with van der Waals surface area (Å²) in [7, 11) is -2.71. The third-order valence-electron chi connectivity index (χ3n) is 5.49. The second kappa shape index (κ2) is 10.6. The van der Waals surface area contributed by atoms with Gasteiger partial charge in [-0.1, -0.05) is 13.8 Å². The standard InChI is InChI=1S/C19H35N6O7P/c1-6-19(28,7-2)33(29,30)32-18(3,4)8-9-31-16(12(27)10-26)25-11-22-13-14(21-5)23-17(20)24-15(13)25/h11-12,16,26-28H,6-10H2,1-5H3,(H,29,30)(H3,20,21,23,24)/t12-,16-/m1/s1. The fourth-order valence-electron chi connectivity index (χ4n) is 3.30. The van der Waals surface area contributed by atoms with E-state index in [1.165, 1.54) is 10.9 Å². The number of aromatic nitrogens is 4. The maximum absolute atomic E-state index is 12.7. The van der Waals surface area contributed by atoms with Gasteiger partial charge in [0.25, 0.3) is 0 Å². The normalized spacial score (nSPS) is 16.5. The van der Waals surface area contributed by atoms with E-state index in [1.54, 1.807) is 34.7 Å². The Morgan fingerprint density at radius 2 is 1.94 bits per heavy atom. The van der Waals surface area contributed by atoms with Gasteiger partial charge < -0.3 is 40.5 Å². The van der Waals surface area contributed by atoms with Crippen LogP contribution in [0.4, 0.5) is 11.8 Å². The van der Waals surface area contributed by atoms with Crippen molar-refractivity contribution in [2.75, 3.05) is 31.3 Å². The Kier molecular flexibility index (Phi) is 8.80. The predicted molar refractivity (Wildman–Crippen MR) is 123 cm³/mol. The second-order valence-corrected chi connectivity index (χ2v) is 10.4. The van der Waals surface area contributed by atoms with Crippen LogP contribution in [-0.2, 0) is 13.8 Å². The fourth-order valence-corrected chi connectivity index (χ4v) is 5.03. The first-order chi connectivity index (χ1) is 15.3. The number of hydrogen-bond donors (Lipinski definition) is 6. The number of nitrogens with two attached hydrogens (primary N) is 1. The molecule has 7 N–H and O–H groups in total. The minimum atomic E-state index is -4.36. The van der Waals surface area contributed by atoms with E-state index in [1.807, 2.05) is 0 Å². The van der Waals surface area contributed by atoms with Gasteiger partial charge in [0, 0.05) is 7.05 Å². The smallest absolute Gasteiger partial charge is 0.359 e. The molecule has 13 nitrogen and oxygen atoms in total. The van der Waals surface area contributed by atoms with Crippen molar-refractivity contribution in [3.63, 3.8) is 0 Å². The molecule has 2 aromatic heterocycles. The number of aliphatic hydroxyl groups excluding tert-OH is 2. The monoisotopic (exact) mass is 490 g/mol. The molecule has 0 aliphatic rings. The van der Waals surface area contributed by atoms with Crippen LogP contribution in [0.3, 0.4) is 0 Å². The first kappa shape index (κ1) is 27.4. The average molecular weight is 490 g/mol. The van der Waals surface area contributed by atoms with Crippen molar-refractivity contribution >= 4 is 30.5 Å². The number of ether oxygens (including phenoxy) is 1. The Morgan fingerprint density at radius 1 is 1.30 bits per heavy atom. The molecule has 0 saturated carbocycles. The number of rotatable bonds is 13. The fraction of sp³-hybridized carbons (Fsp3) is 0.737.